The Bertz CT molecular complexity index is 320. The molecule has 1 aliphatic rings. The lowest BCUT2D eigenvalue weighted by atomic mass is 10.0. The van der Waals surface area contributed by atoms with Crippen molar-refractivity contribution < 1.29 is 0 Å². The van der Waals surface area contributed by atoms with Gasteiger partial charge in [0.05, 0.1) is 6.17 Å². The van der Waals surface area contributed by atoms with E-state index in [1.54, 1.807) is 0 Å². The average molecular weight is 206 g/mol. The summed E-state index contributed by atoms with van der Waals surface area (Å²) in [6.07, 6.45) is 0.991. The van der Waals surface area contributed by atoms with Gasteiger partial charge in [0.2, 0.25) is 0 Å². The highest BCUT2D eigenvalue weighted by Crippen LogP contribution is 2.22. The maximum absolute atomic E-state index is 5.76. The van der Waals surface area contributed by atoms with Crippen LogP contribution < -0.4 is 21.5 Å². The smallest absolute Gasteiger partial charge is 0.0698 e. The molecule has 0 radical (unpaired) electrons. The summed E-state index contributed by atoms with van der Waals surface area (Å²) in [5.41, 5.74) is 14.5. The van der Waals surface area contributed by atoms with Crippen molar-refractivity contribution in [3.05, 3.63) is 29.8 Å². The number of rotatable bonds is 2. The molecular formula is C11H18N4. The van der Waals surface area contributed by atoms with E-state index in [4.69, 9.17) is 5.73 Å². The van der Waals surface area contributed by atoms with E-state index < -0.39 is 0 Å². The molecule has 2 rings (SSSR count). The molecular weight excluding hydrogens is 188 g/mol. The van der Waals surface area contributed by atoms with Crippen molar-refractivity contribution in [2.75, 3.05) is 19.0 Å². The van der Waals surface area contributed by atoms with Crippen LogP contribution in [-0.2, 0) is 0 Å². The van der Waals surface area contributed by atoms with Crippen molar-refractivity contribution in [1.29, 1.82) is 0 Å². The van der Waals surface area contributed by atoms with E-state index in [-0.39, 0.29) is 6.17 Å². The third-order valence-corrected chi connectivity index (χ3v) is 2.74. The van der Waals surface area contributed by atoms with Crippen LogP contribution in [0, 0.1) is 0 Å². The third kappa shape index (κ3) is 2.28. The number of hydrogen-bond acceptors (Lipinski definition) is 4. The van der Waals surface area contributed by atoms with E-state index in [2.05, 4.69) is 40.0 Å². The van der Waals surface area contributed by atoms with Gasteiger partial charge in [-0.25, -0.2) is 10.9 Å². The highest BCUT2D eigenvalue weighted by Gasteiger charge is 2.21. The molecule has 4 N–H and O–H groups in total. The predicted octanol–water partition coefficient (Wildman–Crippen LogP) is 0.576. The fourth-order valence-corrected chi connectivity index (χ4v) is 1.80. The summed E-state index contributed by atoms with van der Waals surface area (Å²) in [4.78, 5) is 2.09. The molecule has 1 heterocycles. The van der Waals surface area contributed by atoms with Crippen molar-refractivity contribution in [2.24, 2.45) is 5.73 Å². The van der Waals surface area contributed by atoms with Crippen LogP contribution in [-0.4, -0.2) is 20.3 Å². The van der Waals surface area contributed by atoms with Crippen LogP contribution in [0.3, 0.4) is 0 Å². The van der Waals surface area contributed by atoms with E-state index in [0.717, 1.165) is 6.42 Å². The molecule has 4 nitrogen and oxygen atoms in total. The molecule has 0 unspecified atom stereocenters. The summed E-state index contributed by atoms with van der Waals surface area (Å²) in [6, 6.07) is 8.87. The van der Waals surface area contributed by atoms with Crippen molar-refractivity contribution in [3.8, 4) is 0 Å². The van der Waals surface area contributed by atoms with Crippen molar-refractivity contribution in [2.45, 2.75) is 18.6 Å². The van der Waals surface area contributed by atoms with E-state index in [9.17, 15) is 0 Å². The zero-order valence-corrected chi connectivity index (χ0v) is 9.20. The van der Waals surface area contributed by atoms with Gasteiger partial charge < -0.3 is 10.6 Å². The summed E-state index contributed by atoms with van der Waals surface area (Å²) in [5, 5.41) is 0. The Balaban J connectivity index is 2.10. The lowest BCUT2D eigenvalue weighted by molar-refractivity contribution is 0.552. The third-order valence-electron chi connectivity index (χ3n) is 2.74. The molecule has 1 aromatic carbocycles. The van der Waals surface area contributed by atoms with E-state index in [0.29, 0.717) is 6.04 Å². The number of hydrazine groups is 1. The Morgan fingerprint density at radius 1 is 1.20 bits per heavy atom. The minimum absolute atomic E-state index is 0.0588. The molecule has 1 aliphatic heterocycles. The average Bonchev–Trinajstić information content (AvgIpc) is 2.65. The van der Waals surface area contributed by atoms with Gasteiger partial charge in [-0.15, -0.1) is 0 Å². The number of hydrogen-bond donors (Lipinski definition) is 3. The Labute approximate surface area is 90.4 Å². The molecule has 4 heteroatoms. The lowest BCUT2D eigenvalue weighted by Gasteiger charge is -2.14. The molecule has 0 amide bonds. The SMILES string of the molecule is CN(C)c1ccc([C@H]2C[C@@H](N)NN2)cc1. The van der Waals surface area contributed by atoms with Gasteiger partial charge in [-0.1, -0.05) is 12.1 Å². The molecule has 0 aliphatic carbocycles. The van der Waals surface area contributed by atoms with Gasteiger partial charge >= 0.3 is 0 Å². The zero-order chi connectivity index (χ0) is 10.8. The minimum atomic E-state index is 0.0588. The monoisotopic (exact) mass is 206 g/mol. The van der Waals surface area contributed by atoms with Gasteiger partial charge in [0.25, 0.3) is 0 Å². The van der Waals surface area contributed by atoms with Crippen LogP contribution in [0.25, 0.3) is 0 Å². The summed E-state index contributed by atoms with van der Waals surface area (Å²) in [6.45, 7) is 0. The molecule has 82 valence electrons. The quantitative estimate of drug-likeness (QED) is 0.662. The maximum Gasteiger partial charge on any atom is 0.0698 e. The standard InChI is InChI=1S/C11H18N4/c1-15(2)9-5-3-8(4-6-9)10-7-11(12)14-13-10/h3-6,10-11,13-14H,7,12H2,1-2H3/t10-,11+/m1/s1. The maximum atomic E-state index is 5.76. The number of anilines is 1. The lowest BCUT2D eigenvalue weighted by Crippen LogP contribution is -2.36. The first-order valence-electron chi connectivity index (χ1n) is 5.21. The van der Waals surface area contributed by atoms with Crippen molar-refractivity contribution in [1.82, 2.24) is 10.9 Å². The summed E-state index contributed by atoms with van der Waals surface area (Å²) in [7, 11) is 4.08. The fourth-order valence-electron chi connectivity index (χ4n) is 1.80. The van der Waals surface area contributed by atoms with Crippen LogP contribution >= 0.6 is 0 Å². The highest BCUT2D eigenvalue weighted by atomic mass is 15.4. The molecule has 0 aromatic heterocycles. The van der Waals surface area contributed by atoms with Gasteiger partial charge in [0, 0.05) is 25.8 Å². The molecule has 1 fully saturated rings. The van der Waals surface area contributed by atoms with E-state index >= 15 is 0 Å². The van der Waals surface area contributed by atoms with Gasteiger partial charge in [-0.2, -0.15) is 0 Å². The van der Waals surface area contributed by atoms with Crippen LogP contribution in [0.5, 0.6) is 0 Å². The molecule has 1 saturated heterocycles. The predicted molar refractivity (Wildman–Crippen MR) is 62.4 cm³/mol. The molecule has 2 atom stereocenters. The highest BCUT2D eigenvalue weighted by molar-refractivity contribution is 5.46. The number of benzene rings is 1. The number of nitrogens with one attached hydrogen (secondary N) is 2. The largest absolute Gasteiger partial charge is 0.378 e. The Morgan fingerprint density at radius 3 is 2.33 bits per heavy atom. The van der Waals surface area contributed by atoms with Gasteiger partial charge in [0.1, 0.15) is 0 Å². The normalized spacial score (nSPS) is 25.5. The van der Waals surface area contributed by atoms with Crippen LogP contribution in [0.2, 0.25) is 0 Å². The fraction of sp³-hybridized carbons (Fsp3) is 0.455. The summed E-state index contributed by atoms with van der Waals surface area (Å²) < 4.78 is 0. The molecule has 0 spiro atoms. The van der Waals surface area contributed by atoms with Gasteiger partial charge in [-0.3, -0.25) is 0 Å². The minimum Gasteiger partial charge on any atom is -0.378 e. The van der Waals surface area contributed by atoms with Crippen LogP contribution in [0.1, 0.15) is 18.0 Å². The first-order valence-corrected chi connectivity index (χ1v) is 5.21. The Hall–Kier alpha value is -1.10. The first kappa shape index (κ1) is 10.4. The first-order chi connectivity index (χ1) is 7.16. The van der Waals surface area contributed by atoms with Crippen LogP contribution in [0.4, 0.5) is 5.69 Å². The second-order valence-electron chi connectivity index (χ2n) is 4.17. The van der Waals surface area contributed by atoms with Crippen molar-refractivity contribution in [3.63, 3.8) is 0 Å². The van der Waals surface area contributed by atoms with E-state index in [1.807, 2.05) is 14.1 Å². The molecule has 0 bridgehead atoms. The summed E-state index contributed by atoms with van der Waals surface area (Å²) >= 11 is 0. The van der Waals surface area contributed by atoms with Gasteiger partial charge in [0.15, 0.2) is 0 Å². The Morgan fingerprint density at radius 2 is 1.87 bits per heavy atom. The van der Waals surface area contributed by atoms with Gasteiger partial charge in [-0.05, 0) is 24.1 Å². The zero-order valence-electron chi connectivity index (χ0n) is 9.20. The second-order valence-corrected chi connectivity index (χ2v) is 4.17. The number of nitrogens with two attached hydrogens (primary N) is 1. The van der Waals surface area contributed by atoms with Crippen LogP contribution in [0.15, 0.2) is 24.3 Å². The molecule has 15 heavy (non-hydrogen) atoms. The Kier molecular flexibility index (Phi) is 2.90. The topological polar surface area (TPSA) is 53.3 Å². The summed E-state index contributed by atoms with van der Waals surface area (Å²) in [5.74, 6) is 0. The second kappa shape index (κ2) is 4.18. The molecule has 1 aromatic rings. The number of nitrogens with zero attached hydrogens (tertiary/aromatic N) is 1. The van der Waals surface area contributed by atoms with Crippen molar-refractivity contribution >= 4 is 5.69 Å². The molecule has 0 saturated carbocycles. The van der Waals surface area contributed by atoms with E-state index in [1.165, 1.54) is 11.3 Å².